The number of halogens is 3. The fraction of sp³-hybridized carbons (Fsp3) is 0.636. The van der Waals surface area contributed by atoms with Crippen molar-refractivity contribution in [2.45, 2.75) is 12.6 Å². The van der Waals surface area contributed by atoms with E-state index in [4.69, 9.17) is 4.74 Å². The Labute approximate surface area is 119 Å². The maximum Gasteiger partial charge on any atom is 0.434 e. The average molecular weight is 310 g/mol. The van der Waals surface area contributed by atoms with E-state index in [1.54, 1.807) is 14.2 Å². The fourth-order valence-corrected chi connectivity index (χ4v) is 2.14. The van der Waals surface area contributed by atoms with Crippen LogP contribution in [-0.4, -0.2) is 44.8 Å². The van der Waals surface area contributed by atoms with Crippen LogP contribution in [0.15, 0.2) is 10.4 Å². The van der Waals surface area contributed by atoms with Crippen LogP contribution in [0.4, 0.5) is 13.2 Å². The van der Waals surface area contributed by atoms with Crippen LogP contribution in [0.25, 0.3) is 0 Å². The second-order valence-electron chi connectivity index (χ2n) is 3.79. The topological polar surface area (TPSA) is 58.5 Å². The maximum atomic E-state index is 12.4. The Morgan fingerprint density at radius 3 is 2.65 bits per heavy atom. The minimum atomic E-state index is -4.38. The van der Waals surface area contributed by atoms with E-state index in [1.807, 2.05) is 0 Å². The Morgan fingerprint density at radius 2 is 2.10 bits per heavy atom. The minimum Gasteiger partial charge on any atom is -0.383 e. The molecule has 1 heterocycles. The highest BCUT2D eigenvalue weighted by atomic mass is 32.1. The number of aromatic nitrogens is 1. The summed E-state index contributed by atoms with van der Waals surface area (Å²) in [5.74, 6) is 0.578. The number of hydrogen-bond donors (Lipinski definition) is 2. The van der Waals surface area contributed by atoms with Crippen molar-refractivity contribution in [3.05, 3.63) is 16.1 Å². The molecule has 1 rings (SSSR count). The van der Waals surface area contributed by atoms with E-state index in [0.29, 0.717) is 37.1 Å². The van der Waals surface area contributed by atoms with Gasteiger partial charge >= 0.3 is 6.18 Å². The van der Waals surface area contributed by atoms with Gasteiger partial charge < -0.3 is 15.4 Å². The first-order valence-corrected chi connectivity index (χ1v) is 6.80. The van der Waals surface area contributed by atoms with Crippen LogP contribution in [0.3, 0.4) is 0 Å². The van der Waals surface area contributed by atoms with Gasteiger partial charge in [-0.05, 0) is 0 Å². The molecule has 20 heavy (non-hydrogen) atoms. The predicted octanol–water partition coefficient (Wildman–Crippen LogP) is 1.52. The van der Waals surface area contributed by atoms with Gasteiger partial charge in [0.15, 0.2) is 11.7 Å². The van der Waals surface area contributed by atoms with Gasteiger partial charge in [-0.25, -0.2) is 4.98 Å². The molecule has 0 spiro atoms. The molecule has 0 radical (unpaired) electrons. The average Bonchev–Trinajstić information content (AvgIpc) is 2.86. The molecule has 114 valence electrons. The van der Waals surface area contributed by atoms with Gasteiger partial charge in [0, 0.05) is 39.0 Å². The van der Waals surface area contributed by atoms with Gasteiger partial charge in [0.1, 0.15) is 0 Å². The van der Waals surface area contributed by atoms with E-state index in [1.165, 1.54) is 0 Å². The Balaban J connectivity index is 2.34. The third kappa shape index (κ3) is 5.74. The summed E-state index contributed by atoms with van der Waals surface area (Å²) < 4.78 is 42.0. The summed E-state index contributed by atoms with van der Waals surface area (Å²) in [4.78, 5) is 7.53. The van der Waals surface area contributed by atoms with Crippen LogP contribution in [0.2, 0.25) is 0 Å². The Morgan fingerprint density at radius 1 is 1.40 bits per heavy atom. The van der Waals surface area contributed by atoms with Gasteiger partial charge in [-0.3, -0.25) is 4.99 Å². The van der Waals surface area contributed by atoms with Gasteiger partial charge in [-0.2, -0.15) is 13.2 Å². The molecular formula is C11H17F3N4OS. The summed E-state index contributed by atoms with van der Waals surface area (Å²) in [7, 11) is 3.21. The van der Waals surface area contributed by atoms with Crippen LogP contribution in [0.1, 0.15) is 10.7 Å². The first-order valence-electron chi connectivity index (χ1n) is 5.92. The quantitative estimate of drug-likeness (QED) is 0.475. The summed E-state index contributed by atoms with van der Waals surface area (Å²) in [6, 6.07) is 0. The number of nitrogens with one attached hydrogen (secondary N) is 2. The zero-order valence-electron chi connectivity index (χ0n) is 11.3. The highest BCUT2D eigenvalue weighted by Gasteiger charge is 2.33. The molecule has 0 saturated carbocycles. The van der Waals surface area contributed by atoms with Crippen molar-refractivity contribution in [3.8, 4) is 0 Å². The molecule has 0 bridgehead atoms. The molecule has 0 aliphatic heterocycles. The number of alkyl halides is 3. The lowest BCUT2D eigenvalue weighted by atomic mass is 10.4. The van der Waals surface area contributed by atoms with E-state index < -0.39 is 11.9 Å². The molecule has 1 aromatic heterocycles. The number of guanidine groups is 1. The lowest BCUT2D eigenvalue weighted by molar-refractivity contribution is -0.140. The van der Waals surface area contributed by atoms with Crippen LogP contribution in [0.5, 0.6) is 0 Å². The van der Waals surface area contributed by atoms with Crippen LogP contribution in [-0.2, 0) is 17.3 Å². The molecule has 0 saturated heterocycles. The summed E-state index contributed by atoms with van der Waals surface area (Å²) >= 11 is 1.01. The highest BCUT2D eigenvalue weighted by Crippen LogP contribution is 2.29. The second kappa shape index (κ2) is 8.05. The Hall–Kier alpha value is -1.35. The van der Waals surface area contributed by atoms with Crippen molar-refractivity contribution >= 4 is 17.3 Å². The van der Waals surface area contributed by atoms with E-state index in [0.717, 1.165) is 16.7 Å². The first kappa shape index (κ1) is 16.7. The number of methoxy groups -OCH3 is 1. The normalized spacial score (nSPS) is 12.6. The predicted molar refractivity (Wildman–Crippen MR) is 72.1 cm³/mol. The lowest BCUT2D eigenvalue weighted by Crippen LogP contribution is -2.39. The number of nitrogens with zero attached hydrogens (tertiary/aromatic N) is 2. The molecule has 0 atom stereocenters. The monoisotopic (exact) mass is 310 g/mol. The van der Waals surface area contributed by atoms with Crippen LogP contribution in [0, 0.1) is 0 Å². The molecule has 0 amide bonds. The van der Waals surface area contributed by atoms with E-state index in [2.05, 4.69) is 20.6 Å². The van der Waals surface area contributed by atoms with Gasteiger partial charge in [0.2, 0.25) is 0 Å². The van der Waals surface area contributed by atoms with Crippen LogP contribution >= 0.6 is 11.3 Å². The maximum absolute atomic E-state index is 12.4. The van der Waals surface area contributed by atoms with Gasteiger partial charge in [0.05, 0.1) is 11.6 Å². The molecule has 1 aromatic rings. The summed E-state index contributed by atoms with van der Waals surface area (Å²) in [6.45, 7) is 1.60. The molecule has 0 fully saturated rings. The van der Waals surface area contributed by atoms with Crippen molar-refractivity contribution < 1.29 is 17.9 Å². The molecular weight excluding hydrogens is 293 g/mol. The fourth-order valence-electron chi connectivity index (χ4n) is 1.34. The molecule has 0 aliphatic carbocycles. The van der Waals surface area contributed by atoms with E-state index in [-0.39, 0.29) is 0 Å². The molecule has 0 unspecified atom stereocenters. The van der Waals surface area contributed by atoms with Gasteiger partial charge in [-0.1, -0.05) is 0 Å². The summed E-state index contributed by atoms with van der Waals surface area (Å²) in [5, 5.41) is 7.47. The molecule has 0 aromatic carbocycles. The van der Waals surface area contributed by atoms with Crippen molar-refractivity contribution in [2.24, 2.45) is 4.99 Å². The number of thiazole rings is 1. The number of rotatable bonds is 6. The molecule has 0 aliphatic rings. The number of hydrogen-bond acceptors (Lipinski definition) is 4. The van der Waals surface area contributed by atoms with Crippen LogP contribution < -0.4 is 10.6 Å². The molecule has 2 N–H and O–H groups in total. The van der Waals surface area contributed by atoms with Crippen molar-refractivity contribution in [3.63, 3.8) is 0 Å². The molecule has 5 nitrogen and oxygen atoms in total. The van der Waals surface area contributed by atoms with E-state index >= 15 is 0 Å². The highest BCUT2D eigenvalue weighted by molar-refractivity contribution is 7.09. The summed E-state index contributed by atoms with van der Waals surface area (Å²) in [5.41, 5.74) is -0.833. The Bertz CT molecular complexity index is 434. The standard InChI is InChI=1S/C11H17F3N4OS/c1-15-10(17-5-6-19-2)16-4-3-9-18-8(7-20-9)11(12,13)14/h7H,3-6H2,1-2H3,(H2,15,16,17). The van der Waals surface area contributed by atoms with Crippen molar-refractivity contribution in [1.82, 2.24) is 15.6 Å². The van der Waals surface area contributed by atoms with Crippen molar-refractivity contribution in [1.29, 1.82) is 0 Å². The smallest absolute Gasteiger partial charge is 0.383 e. The number of ether oxygens (including phenoxy) is 1. The third-order valence-corrected chi connectivity index (χ3v) is 3.20. The molecule has 9 heteroatoms. The lowest BCUT2D eigenvalue weighted by Gasteiger charge is -2.10. The largest absolute Gasteiger partial charge is 0.434 e. The second-order valence-corrected chi connectivity index (χ2v) is 4.74. The van der Waals surface area contributed by atoms with Gasteiger partial charge in [-0.15, -0.1) is 11.3 Å². The number of aliphatic imine (C=N–C) groups is 1. The first-order chi connectivity index (χ1) is 9.47. The zero-order valence-corrected chi connectivity index (χ0v) is 12.1. The van der Waals surface area contributed by atoms with Crippen molar-refractivity contribution in [2.75, 3.05) is 33.9 Å². The minimum absolute atomic E-state index is 0.408. The third-order valence-electron chi connectivity index (χ3n) is 2.30. The Kier molecular flexibility index (Phi) is 6.73. The SMILES string of the molecule is CN=C(NCCOC)NCCc1nc(C(F)(F)F)cs1. The van der Waals surface area contributed by atoms with Gasteiger partial charge in [0.25, 0.3) is 0 Å². The summed E-state index contributed by atoms with van der Waals surface area (Å²) in [6.07, 6.45) is -3.97. The zero-order chi connectivity index (χ0) is 15.0. The van der Waals surface area contributed by atoms with E-state index in [9.17, 15) is 13.2 Å².